The summed E-state index contributed by atoms with van der Waals surface area (Å²) in [5.74, 6) is 5.51. The Hall–Kier alpha value is -2.58. The van der Waals surface area contributed by atoms with Gasteiger partial charge in [-0.1, -0.05) is 30.0 Å². The maximum absolute atomic E-state index is 11.9. The van der Waals surface area contributed by atoms with Gasteiger partial charge >= 0.3 is 0 Å². The summed E-state index contributed by atoms with van der Waals surface area (Å²) in [5.41, 5.74) is 0.913. The second kappa shape index (κ2) is 7.27. The summed E-state index contributed by atoms with van der Waals surface area (Å²) in [6.45, 7) is 1.71. The molecule has 2 N–H and O–H groups in total. The van der Waals surface area contributed by atoms with Crippen LogP contribution in [0.25, 0.3) is 0 Å². The van der Waals surface area contributed by atoms with E-state index in [2.05, 4.69) is 22.5 Å². The zero-order chi connectivity index (χ0) is 15.1. The molecule has 0 spiro atoms. The number of carbonyl (C=O) groups excluding carboxylic acids is 2. The minimum atomic E-state index is -0.195. The fraction of sp³-hybridized carbons (Fsp3) is 0.125. The molecule has 5 heteroatoms. The maximum atomic E-state index is 11.9. The van der Waals surface area contributed by atoms with Gasteiger partial charge in [0.05, 0.1) is 16.4 Å². The van der Waals surface area contributed by atoms with E-state index in [4.69, 9.17) is 0 Å². The Morgan fingerprint density at radius 1 is 1.14 bits per heavy atom. The van der Waals surface area contributed by atoms with Crippen LogP contribution in [0.2, 0.25) is 0 Å². The Morgan fingerprint density at radius 3 is 2.62 bits per heavy atom. The van der Waals surface area contributed by atoms with Crippen molar-refractivity contribution >= 4 is 28.2 Å². The predicted octanol–water partition coefficient (Wildman–Crippen LogP) is 2.49. The van der Waals surface area contributed by atoms with Crippen LogP contribution in [-0.2, 0) is 4.79 Å². The van der Waals surface area contributed by atoms with Gasteiger partial charge in [-0.3, -0.25) is 9.59 Å². The van der Waals surface area contributed by atoms with E-state index in [9.17, 15) is 9.59 Å². The number of hydrogen-bond acceptors (Lipinski definition) is 3. The quantitative estimate of drug-likeness (QED) is 0.855. The molecule has 0 aliphatic rings. The van der Waals surface area contributed by atoms with E-state index >= 15 is 0 Å². The first kappa shape index (κ1) is 14.8. The first-order valence-electron chi connectivity index (χ1n) is 6.34. The van der Waals surface area contributed by atoms with Crippen LogP contribution in [0.1, 0.15) is 22.2 Å². The van der Waals surface area contributed by atoms with Crippen molar-refractivity contribution in [1.82, 2.24) is 5.32 Å². The van der Waals surface area contributed by atoms with Gasteiger partial charge in [-0.15, -0.1) is 11.3 Å². The molecule has 2 aromatic rings. The highest BCUT2D eigenvalue weighted by atomic mass is 32.1. The van der Waals surface area contributed by atoms with Crippen molar-refractivity contribution < 1.29 is 9.59 Å². The number of nitrogens with one attached hydrogen (secondary N) is 2. The molecule has 1 heterocycles. The molecular formula is C16H14N2O2S. The largest absolute Gasteiger partial charge is 0.340 e. The average Bonchev–Trinajstić information content (AvgIpc) is 2.92. The molecule has 0 radical (unpaired) electrons. The smallest absolute Gasteiger partial charge is 0.262 e. The van der Waals surface area contributed by atoms with E-state index in [1.165, 1.54) is 18.3 Å². The molecule has 0 aliphatic carbocycles. The standard InChI is InChI=1S/C16H14N2O2S/c1-12(19)18-15-10-9-14(21-15)16(20)17-11-5-8-13-6-3-2-4-7-13/h2-4,6-7,9-10H,11H2,1H3,(H,17,20)(H,18,19). The molecule has 0 saturated carbocycles. The number of rotatable bonds is 3. The number of carbonyl (C=O) groups is 2. The highest BCUT2D eigenvalue weighted by molar-refractivity contribution is 7.18. The van der Waals surface area contributed by atoms with Crippen molar-refractivity contribution in [3.05, 3.63) is 52.9 Å². The molecule has 0 saturated heterocycles. The minimum Gasteiger partial charge on any atom is -0.340 e. The zero-order valence-electron chi connectivity index (χ0n) is 11.5. The van der Waals surface area contributed by atoms with Crippen LogP contribution >= 0.6 is 11.3 Å². The Balaban J connectivity index is 1.86. The molecule has 0 fully saturated rings. The van der Waals surface area contributed by atoms with Crippen LogP contribution in [-0.4, -0.2) is 18.4 Å². The van der Waals surface area contributed by atoms with Crippen LogP contribution in [0, 0.1) is 11.8 Å². The lowest BCUT2D eigenvalue weighted by atomic mass is 10.2. The Kier molecular flexibility index (Phi) is 5.13. The summed E-state index contributed by atoms with van der Waals surface area (Å²) in [5, 5.41) is 6.02. The lowest BCUT2D eigenvalue weighted by molar-refractivity contribution is -0.114. The lowest BCUT2D eigenvalue weighted by Gasteiger charge is -1.97. The molecular weight excluding hydrogens is 284 g/mol. The normalized spacial score (nSPS) is 9.38. The first-order chi connectivity index (χ1) is 10.1. The summed E-state index contributed by atoms with van der Waals surface area (Å²) in [6.07, 6.45) is 0. The monoisotopic (exact) mass is 298 g/mol. The van der Waals surface area contributed by atoms with Gasteiger partial charge in [0.2, 0.25) is 5.91 Å². The molecule has 0 atom stereocenters. The fourth-order valence-corrected chi connectivity index (χ4v) is 2.45. The molecule has 21 heavy (non-hydrogen) atoms. The first-order valence-corrected chi connectivity index (χ1v) is 7.16. The minimum absolute atomic E-state index is 0.155. The average molecular weight is 298 g/mol. The summed E-state index contributed by atoms with van der Waals surface area (Å²) in [6, 6.07) is 13.0. The zero-order valence-corrected chi connectivity index (χ0v) is 12.3. The van der Waals surface area contributed by atoms with E-state index in [0.717, 1.165) is 5.56 Å². The van der Waals surface area contributed by atoms with Crippen LogP contribution in [0.5, 0.6) is 0 Å². The Bertz CT molecular complexity index is 696. The third-order valence-electron chi connectivity index (χ3n) is 2.47. The van der Waals surface area contributed by atoms with Crippen LogP contribution in [0.15, 0.2) is 42.5 Å². The Morgan fingerprint density at radius 2 is 1.90 bits per heavy atom. The van der Waals surface area contributed by atoms with Gasteiger partial charge in [0, 0.05) is 12.5 Å². The highest BCUT2D eigenvalue weighted by Crippen LogP contribution is 2.21. The van der Waals surface area contributed by atoms with Crippen molar-refractivity contribution in [3.8, 4) is 11.8 Å². The molecule has 4 nitrogen and oxygen atoms in total. The molecule has 2 amide bonds. The predicted molar refractivity (Wildman–Crippen MR) is 84.3 cm³/mol. The summed E-state index contributed by atoms with van der Waals surface area (Å²) >= 11 is 1.23. The number of anilines is 1. The topological polar surface area (TPSA) is 58.2 Å². The van der Waals surface area contributed by atoms with Crippen LogP contribution in [0.3, 0.4) is 0 Å². The van der Waals surface area contributed by atoms with Crippen molar-refractivity contribution in [2.75, 3.05) is 11.9 Å². The van der Waals surface area contributed by atoms with Gasteiger partial charge in [-0.05, 0) is 24.3 Å². The SMILES string of the molecule is CC(=O)Nc1ccc(C(=O)NCC#Cc2ccccc2)s1. The van der Waals surface area contributed by atoms with Crippen molar-refractivity contribution in [3.63, 3.8) is 0 Å². The van der Waals surface area contributed by atoms with Gasteiger partial charge in [0.1, 0.15) is 0 Å². The van der Waals surface area contributed by atoms with E-state index in [1.807, 2.05) is 30.3 Å². The number of benzene rings is 1. The van der Waals surface area contributed by atoms with Gasteiger partial charge in [-0.25, -0.2) is 0 Å². The van der Waals surface area contributed by atoms with E-state index in [0.29, 0.717) is 9.88 Å². The van der Waals surface area contributed by atoms with E-state index in [-0.39, 0.29) is 18.4 Å². The second-order valence-electron chi connectivity index (χ2n) is 4.20. The van der Waals surface area contributed by atoms with Gasteiger partial charge in [0.25, 0.3) is 5.91 Å². The van der Waals surface area contributed by atoms with Crippen LogP contribution < -0.4 is 10.6 Å². The molecule has 1 aromatic carbocycles. The number of thiophene rings is 1. The second-order valence-corrected chi connectivity index (χ2v) is 5.28. The molecule has 2 rings (SSSR count). The third kappa shape index (κ3) is 4.79. The molecule has 0 aliphatic heterocycles. The number of amides is 2. The molecule has 106 valence electrons. The van der Waals surface area contributed by atoms with Gasteiger partial charge < -0.3 is 10.6 Å². The van der Waals surface area contributed by atoms with Crippen molar-refractivity contribution in [1.29, 1.82) is 0 Å². The highest BCUT2D eigenvalue weighted by Gasteiger charge is 2.08. The van der Waals surface area contributed by atoms with Crippen molar-refractivity contribution in [2.45, 2.75) is 6.92 Å². The van der Waals surface area contributed by atoms with Gasteiger partial charge in [0.15, 0.2) is 0 Å². The van der Waals surface area contributed by atoms with Crippen LogP contribution in [0.4, 0.5) is 5.00 Å². The Labute approximate surface area is 127 Å². The maximum Gasteiger partial charge on any atom is 0.262 e. The van der Waals surface area contributed by atoms with Crippen molar-refractivity contribution in [2.24, 2.45) is 0 Å². The fourth-order valence-electron chi connectivity index (χ4n) is 1.58. The summed E-state index contributed by atoms with van der Waals surface area (Å²) in [4.78, 5) is 23.3. The number of hydrogen-bond donors (Lipinski definition) is 2. The lowest BCUT2D eigenvalue weighted by Crippen LogP contribution is -2.22. The van der Waals surface area contributed by atoms with E-state index in [1.54, 1.807) is 12.1 Å². The molecule has 0 bridgehead atoms. The summed E-state index contributed by atoms with van der Waals surface area (Å²) < 4.78 is 0. The third-order valence-corrected chi connectivity index (χ3v) is 3.47. The summed E-state index contributed by atoms with van der Waals surface area (Å²) in [7, 11) is 0. The van der Waals surface area contributed by atoms with Gasteiger partial charge in [-0.2, -0.15) is 0 Å². The van der Waals surface area contributed by atoms with E-state index < -0.39 is 0 Å². The molecule has 1 aromatic heterocycles. The molecule has 0 unspecified atom stereocenters.